The summed E-state index contributed by atoms with van der Waals surface area (Å²) in [6, 6.07) is 32.9. The number of hydrogen-bond acceptors (Lipinski definition) is 2. The highest BCUT2D eigenvalue weighted by Crippen LogP contribution is 2.24. The van der Waals surface area contributed by atoms with Crippen LogP contribution in [-0.4, -0.2) is 10.5 Å². The lowest BCUT2D eigenvalue weighted by Crippen LogP contribution is -2.24. The Morgan fingerprint density at radius 2 is 1.34 bits per heavy atom. The second-order valence-electron chi connectivity index (χ2n) is 7.82. The first-order valence-electron chi connectivity index (χ1n) is 10.6. The van der Waals surface area contributed by atoms with E-state index in [1.165, 1.54) is 0 Å². The normalized spacial score (nSPS) is 11.0. The molecule has 0 atom stereocenters. The highest BCUT2D eigenvalue weighted by Gasteiger charge is 2.14. The lowest BCUT2D eigenvalue weighted by Gasteiger charge is -2.14. The SMILES string of the molecule is O=C(NCc1ccccc1)c1ccc2c(=O)n(Cc3ccccc3)c3ccccc3c2c1. The van der Waals surface area contributed by atoms with E-state index in [9.17, 15) is 9.59 Å². The van der Waals surface area contributed by atoms with Crippen LogP contribution >= 0.6 is 0 Å². The fourth-order valence-corrected chi connectivity index (χ4v) is 4.09. The molecule has 1 aromatic heterocycles. The van der Waals surface area contributed by atoms with Gasteiger partial charge < -0.3 is 9.88 Å². The Balaban J connectivity index is 1.56. The monoisotopic (exact) mass is 418 g/mol. The first kappa shape index (κ1) is 19.8. The molecule has 1 N–H and O–H groups in total. The van der Waals surface area contributed by atoms with Crippen molar-refractivity contribution < 1.29 is 4.79 Å². The average Bonchev–Trinajstić information content (AvgIpc) is 2.86. The standard InChI is InChI=1S/C28H22N2O2/c31-27(29-18-20-9-3-1-4-10-20)22-15-16-24-25(17-22)23-13-7-8-14-26(23)30(28(24)32)19-21-11-5-2-6-12-21/h1-17H,18-19H2,(H,29,31). The molecule has 0 aliphatic carbocycles. The van der Waals surface area contributed by atoms with Gasteiger partial charge in [-0.25, -0.2) is 0 Å². The van der Waals surface area contributed by atoms with Gasteiger partial charge in [-0.2, -0.15) is 0 Å². The average molecular weight is 418 g/mol. The van der Waals surface area contributed by atoms with Gasteiger partial charge in [0, 0.05) is 22.9 Å². The Labute approximate surface area is 185 Å². The van der Waals surface area contributed by atoms with E-state index in [-0.39, 0.29) is 11.5 Å². The summed E-state index contributed by atoms with van der Waals surface area (Å²) in [6.45, 7) is 0.951. The molecule has 1 amide bonds. The number of fused-ring (bicyclic) bond motifs is 3. The maximum atomic E-state index is 13.4. The number of nitrogens with one attached hydrogen (secondary N) is 1. The van der Waals surface area contributed by atoms with Crippen LogP contribution < -0.4 is 10.9 Å². The van der Waals surface area contributed by atoms with Crippen LogP contribution in [0.25, 0.3) is 21.7 Å². The molecule has 0 radical (unpaired) electrons. The zero-order valence-electron chi connectivity index (χ0n) is 17.5. The molecule has 4 heteroatoms. The number of carbonyl (C=O) groups excluding carboxylic acids is 1. The van der Waals surface area contributed by atoms with E-state index in [1.54, 1.807) is 12.1 Å². The highest BCUT2D eigenvalue weighted by molar-refractivity contribution is 6.08. The van der Waals surface area contributed by atoms with Crippen molar-refractivity contribution in [2.24, 2.45) is 0 Å². The number of rotatable bonds is 5. The third-order valence-electron chi connectivity index (χ3n) is 5.72. The second-order valence-corrected chi connectivity index (χ2v) is 7.82. The van der Waals surface area contributed by atoms with E-state index in [0.29, 0.717) is 24.0 Å². The Kier molecular flexibility index (Phi) is 5.26. The first-order chi connectivity index (χ1) is 15.7. The summed E-state index contributed by atoms with van der Waals surface area (Å²) in [5, 5.41) is 5.32. The summed E-state index contributed by atoms with van der Waals surface area (Å²) >= 11 is 0. The Morgan fingerprint density at radius 1 is 0.688 bits per heavy atom. The van der Waals surface area contributed by atoms with Crippen LogP contribution in [0.5, 0.6) is 0 Å². The minimum atomic E-state index is -0.159. The van der Waals surface area contributed by atoms with E-state index in [1.807, 2.05) is 95.6 Å². The predicted octanol–water partition coefficient (Wildman–Crippen LogP) is 5.13. The molecule has 4 aromatic carbocycles. The minimum Gasteiger partial charge on any atom is -0.348 e. The number of aromatic nitrogens is 1. The molecule has 0 fully saturated rings. The van der Waals surface area contributed by atoms with Gasteiger partial charge in [-0.15, -0.1) is 0 Å². The Hall–Kier alpha value is -4.18. The van der Waals surface area contributed by atoms with Crippen LogP contribution in [0.3, 0.4) is 0 Å². The largest absolute Gasteiger partial charge is 0.348 e. The number of para-hydroxylation sites is 1. The van der Waals surface area contributed by atoms with Crippen molar-refractivity contribution in [2.75, 3.05) is 0 Å². The van der Waals surface area contributed by atoms with Crippen molar-refractivity contribution in [1.29, 1.82) is 0 Å². The Bertz CT molecular complexity index is 1470. The van der Waals surface area contributed by atoms with Crippen LogP contribution in [0.15, 0.2) is 108 Å². The molecule has 0 aliphatic rings. The molecule has 1 heterocycles. The van der Waals surface area contributed by atoms with Crippen molar-refractivity contribution in [3.05, 3.63) is 130 Å². The molecule has 0 aliphatic heterocycles. The van der Waals surface area contributed by atoms with Gasteiger partial charge in [-0.1, -0.05) is 78.9 Å². The van der Waals surface area contributed by atoms with Gasteiger partial charge in [-0.3, -0.25) is 9.59 Å². The number of carbonyl (C=O) groups is 1. The molecule has 5 rings (SSSR count). The zero-order valence-corrected chi connectivity index (χ0v) is 17.5. The molecular weight excluding hydrogens is 396 g/mol. The van der Waals surface area contributed by atoms with Crippen molar-refractivity contribution in [3.8, 4) is 0 Å². The molecule has 0 unspecified atom stereocenters. The van der Waals surface area contributed by atoms with Crippen molar-refractivity contribution in [3.63, 3.8) is 0 Å². The van der Waals surface area contributed by atoms with Crippen molar-refractivity contribution in [2.45, 2.75) is 13.1 Å². The van der Waals surface area contributed by atoms with Crippen LogP contribution in [0.4, 0.5) is 0 Å². The van der Waals surface area contributed by atoms with E-state index >= 15 is 0 Å². The quantitative estimate of drug-likeness (QED) is 0.402. The van der Waals surface area contributed by atoms with Crippen LogP contribution in [0.1, 0.15) is 21.5 Å². The van der Waals surface area contributed by atoms with Gasteiger partial charge >= 0.3 is 0 Å². The smallest absolute Gasteiger partial charge is 0.259 e. The molecule has 0 spiro atoms. The third-order valence-corrected chi connectivity index (χ3v) is 5.72. The summed E-state index contributed by atoms with van der Waals surface area (Å²) in [4.78, 5) is 26.2. The van der Waals surface area contributed by atoms with E-state index in [0.717, 1.165) is 27.4 Å². The number of amides is 1. The molecule has 32 heavy (non-hydrogen) atoms. The van der Waals surface area contributed by atoms with Gasteiger partial charge in [0.1, 0.15) is 0 Å². The molecule has 0 saturated heterocycles. The van der Waals surface area contributed by atoms with E-state index in [2.05, 4.69) is 5.32 Å². The van der Waals surface area contributed by atoms with Crippen LogP contribution in [0, 0.1) is 0 Å². The van der Waals surface area contributed by atoms with E-state index in [4.69, 9.17) is 0 Å². The topological polar surface area (TPSA) is 51.1 Å². The lowest BCUT2D eigenvalue weighted by atomic mass is 10.0. The first-order valence-corrected chi connectivity index (χ1v) is 10.6. The number of nitrogens with zero attached hydrogens (tertiary/aromatic N) is 1. The van der Waals surface area contributed by atoms with Crippen molar-refractivity contribution >= 4 is 27.6 Å². The molecule has 0 saturated carbocycles. The number of pyridine rings is 1. The Morgan fingerprint density at radius 3 is 2.09 bits per heavy atom. The van der Waals surface area contributed by atoms with Gasteiger partial charge in [0.15, 0.2) is 0 Å². The summed E-state index contributed by atoms with van der Waals surface area (Å²) in [7, 11) is 0. The molecule has 156 valence electrons. The lowest BCUT2D eigenvalue weighted by molar-refractivity contribution is 0.0951. The third kappa shape index (κ3) is 3.79. The fraction of sp³-hybridized carbons (Fsp3) is 0.0714. The number of hydrogen-bond donors (Lipinski definition) is 1. The molecule has 4 nitrogen and oxygen atoms in total. The highest BCUT2D eigenvalue weighted by atomic mass is 16.1. The zero-order chi connectivity index (χ0) is 21.9. The van der Waals surface area contributed by atoms with E-state index < -0.39 is 0 Å². The second kappa shape index (κ2) is 8.52. The van der Waals surface area contributed by atoms with Gasteiger partial charge in [0.05, 0.1) is 12.1 Å². The molecular formula is C28H22N2O2. The summed E-state index contributed by atoms with van der Waals surface area (Å²) in [6.07, 6.45) is 0. The predicted molar refractivity (Wildman–Crippen MR) is 129 cm³/mol. The molecule has 0 bridgehead atoms. The van der Waals surface area contributed by atoms with Gasteiger partial charge in [0.25, 0.3) is 11.5 Å². The number of benzene rings is 4. The minimum absolute atomic E-state index is 0.0567. The summed E-state index contributed by atoms with van der Waals surface area (Å²) < 4.78 is 1.81. The van der Waals surface area contributed by atoms with Gasteiger partial charge in [0.2, 0.25) is 0 Å². The van der Waals surface area contributed by atoms with Crippen LogP contribution in [-0.2, 0) is 13.1 Å². The molecule has 5 aromatic rings. The summed E-state index contributed by atoms with van der Waals surface area (Å²) in [5.41, 5.74) is 3.44. The van der Waals surface area contributed by atoms with Crippen molar-refractivity contribution in [1.82, 2.24) is 9.88 Å². The van der Waals surface area contributed by atoms with Crippen LogP contribution in [0.2, 0.25) is 0 Å². The maximum absolute atomic E-state index is 13.4. The summed E-state index contributed by atoms with van der Waals surface area (Å²) in [5.74, 6) is -0.159. The maximum Gasteiger partial charge on any atom is 0.259 e. The fourth-order valence-electron chi connectivity index (χ4n) is 4.09. The van der Waals surface area contributed by atoms with Gasteiger partial charge in [-0.05, 0) is 40.8 Å².